The van der Waals surface area contributed by atoms with Crippen molar-refractivity contribution in [2.75, 3.05) is 31.5 Å². The SMILES string of the molecule is CCCCNc1ncc2c(-c3ccc(S(=O)(=O)NCCC(=O)N4CCCCC4)cc3)nn([C@H]3CC[C@@H](O)CC3)c2n1. The van der Waals surface area contributed by atoms with Crippen molar-refractivity contribution in [2.24, 2.45) is 0 Å². The number of rotatable bonds is 11. The van der Waals surface area contributed by atoms with Crippen molar-refractivity contribution >= 4 is 32.9 Å². The van der Waals surface area contributed by atoms with Gasteiger partial charge in [-0.2, -0.15) is 10.1 Å². The molecule has 2 aliphatic rings. The van der Waals surface area contributed by atoms with Gasteiger partial charge in [-0.15, -0.1) is 0 Å². The molecule has 1 saturated carbocycles. The van der Waals surface area contributed by atoms with Gasteiger partial charge in [-0.25, -0.2) is 22.8 Å². The Morgan fingerprint density at radius 1 is 1.05 bits per heavy atom. The van der Waals surface area contributed by atoms with Gasteiger partial charge in [0.1, 0.15) is 5.69 Å². The molecule has 1 amide bonds. The first-order valence-electron chi connectivity index (χ1n) is 14.9. The van der Waals surface area contributed by atoms with Gasteiger partial charge in [0.25, 0.3) is 0 Å². The van der Waals surface area contributed by atoms with Crippen molar-refractivity contribution in [3.8, 4) is 11.3 Å². The van der Waals surface area contributed by atoms with E-state index in [0.29, 0.717) is 11.6 Å². The van der Waals surface area contributed by atoms with E-state index >= 15 is 0 Å². The quantitative estimate of drug-likeness (QED) is 0.289. The molecule has 1 aliphatic carbocycles. The van der Waals surface area contributed by atoms with Crippen LogP contribution in [0, 0.1) is 0 Å². The van der Waals surface area contributed by atoms with E-state index < -0.39 is 10.0 Å². The molecule has 2 fully saturated rings. The summed E-state index contributed by atoms with van der Waals surface area (Å²) in [5.74, 6) is 0.546. The van der Waals surface area contributed by atoms with Gasteiger partial charge in [-0.05, 0) is 63.5 Å². The summed E-state index contributed by atoms with van der Waals surface area (Å²) in [5, 5.41) is 19.1. The molecular weight excluding hydrogens is 542 g/mol. The van der Waals surface area contributed by atoms with E-state index in [0.717, 1.165) is 94.0 Å². The number of aliphatic hydroxyl groups excluding tert-OH is 1. The molecule has 0 bridgehead atoms. The molecule has 0 atom stereocenters. The predicted octanol–water partition coefficient (Wildman–Crippen LogP) is 3.86. The number of carbonyl (C=O) groups excluding carboxylic acids is 1. The normalized spacial score (nSPS) is 19.9. The average molecular weight is 584 g/mol. The molecule has 12 heteroatoms. The van der Waals surface area contributed by atoms with Crippen LogP contribution in [-0.2, 0) is 14.8 Å². The zero-order chi connectivity index (χ0) is 28.8. The number of anilines is 1. The van der Waals surface area contributed by atoms with Gasteiger partial charge in [0.2, 0.25) is 21.9 Å². The number of hydrogen-bond donors (Lipinski definition) is 3. The van der Waals surface area contributed by atoms with Crippen LogP contribution in [0.25, 0.3) is 22.3 Å². The molecule has 5 rings (SSSR count). The summed E-state index contributed by atoms with van der Waals surface area (Å²) < 4.78 is 30.4. The summed E-state index contributed by atoms with van der Waals surface area (Å²) in [6.45, 7) is 4.49. The molecule has 11 nitrogen and oxygen atoms in total. The van der Waals surface area contributed by atoms with Crippen molar-refractivity contribution in [3.05, 3.63) is 30.5 Å². The van der Waals surface area contributed by atoms with Gasteiger partial charge in [0.15, 0.2) is 5.65 Å². The minimum absolute atomic E-state index is 0.0105. The van der Waals surface area contributed by atoms with Gasteiger partial charge in [-0.1, -0.05) is 25.5 Å². The highest BCUT2D eigenvalue weighted by atomic mass is 32.2. The first-order valence-corrected chi connectivity index (χ1v) is 16.4. The first-order chi connectivity index (χ1) is 19.9. The molecule has 0 radical (unpaired) electrons. The molecule has 0 spiro atoms. The number of nitrogens with one attached hydrogen (secondary N) is 2. The Labute approximate surface area is 241 Å². The fraction of sp³-hybridized carbons (Fsp3) is 0.586. The van der Waals surface area contributed by atoms with Crippen LogP contribution in [0.2, 0.25) is 0 Å². The number of sulfonamides is 1. The number of aromatic nitrogens is 4. The first kappa shape index (κ1) is 29.4. The Balaban J connectivity index is 1.34. The van der Waals surface area contributed by atoms with E-state index in [2.05, 4.69) is 21.9 Å². The number of fused-ring (bicyclic) bond motifs is 1. The topological polar surface area (TPSA) is 142 Å². The summed E-state index contributed by atoms with van der Waals surface area (Å²) >= 11 is 0. The lowest BCUT2D eigenvalue weighted by molar-refractivity contribution is -0.131. The number of nitrogens with zero attached hydrogens (tertiary/aromatic N) is 5. The molecule has 1 aliphatic heterocycles. The van der Waals surface area contributed by atoms with Crippen LogP contribution in [0.3, 0.4) is 0 Å². The van der Waals surface area contributed by atoms with Gasteiger partial charge in [0, 0.05) is 44.4 Å². The number of hydrogen-bond acceptors (Lipinski definition) is 8. The second-order valence-electron chi connectivity index (χ2n) is 11.1. The Morgan fingerprint density at radius 2 is 1.78 bits per heavy atom. The minimum Gasteiger partial charge on any atom is -0.393 e. The van der Waals surface area contributed by atoms with Crippen LogP contribution >= 0.6 is 0 Å². The summed E-state index contributed by atoms with van der Waals surface area (Å²) in [5.41, 5.74) is 2.18. The average Bonchev–Trinajstić information content (AvgIpc) is 3.37. The number of aliphatic hydroxyl groups is 1. The Hall–Kier alpha value is -3.09. The van der Waals surface area contributed by atoms with Gasteiger partial charge in [-0.3, -0.25) is 4.79 Å². The summed E-state index contributed by atoms with van der Waals surface area (Å²) in [6.07, 6.45) is 9.93. The number of likely N-dealkylation sites (tertiary alicyclic amines) is 1. The highest BCUT2D eigenvalue weighted by molar-refractivity contribution is 7.89. The van der Waals surface area contributed by atoms with Crippen molar-refractivity contribution in [3.63, 3.8) is 0 Å². The summed E-state index contributed by atoms with van der Waals surface area (Å²) in [6, 6.07) is 6.74. The van der Waals surface area contributed by atoms with Crippen LogP contribution in [-0.4, -0.2) is 76.4 Å². The third kappa shape index (κ3) is 7.04. The predicted molar refractivity (Wildman–Crippen MR) is 158 cm³/mol. The molecule has 3 heterocycles. The van der Waals surface area contributed by atoms with Crippen molar-refractivity contribution in [1.82, 2.24) is 29.4 Å². The number of piperidine rings is 1. The smallest absolute Gasteiger partial charge is 0.240 e. The minimum atomic E-state index is -3.77. The molecule has 1 saturated heterocycles. The fourth-order valence-corrected chi connectivity index (χ4v) is 6.66. The number of amides is 1. The third-order valence-electron chi connectivity index (χ3n) is 8.05. The monoisotopic (exact) mass is 583 g/mol. The lowest BCUT2D eigenvalue weighted by Gasteiger charge is -2.26. The van der Waals surface area contributed by atoms with Gasteiger partial charge in [0.05, 0.1) is 22.4 Å². The highest BCUT2D eigenvalue weighted by Crippen LogP contribution is 2.34. The molecule has 2 aromatic heterocycles. The second kappa shape index (κ2) is 13.3. The molecular formula is C29H41N7O4S. The lowest BCUT2D eigenvalue weighted by Crippen LogP contribution is -2.37. The van der Waals surface area contributed by atoms with Crippen LogP contribution in [0.15, 0.2) is 35.4 Å². The second-order valence-corrected chi connectivity index (χ2v) is 12.8. The maximum atomic E-state index is 12.9. The zero-order valence-electron chi connectivity index (χ0n) is 23.8. The number of benzene rings is 1. The van der Waals surface area contributed by atoms with Crippen molar-refractivity contribution < 1.29 is 18.3 Å². The van der Waals surface area contributed by atoms with Crippen molar-refractivity contribution in [1.29, 1.82) is 0 Å². The third-order valence-corrected chi connectivity index (χ3v) is 9.53. The molecule has 222 valence electrons. The summed E-state index contributed by atoms with van der Waals surface area (Å²) in [7, 11) is -3.77. The van der Waals surface area contributed by atoms with Crippen LogP contribution in [0.5, 0.6) is 0 Å². The molecule has 1 aromatic carbocycles. The van der Waals surface area contributed by atoms with E-state index in [1.807, 2.05) is 9.58 Å². The van der Waals surface area contributed by atoms with E-state index in [-0.39, 0.29) is 35.9 Å². The Morgan fingerprint density at radius 3 is 2.49 bits per heavy atom. The van der Waals surface area contributed by atoms with Gasteiger partial charge >= 0.3 is 0 Å². The standard InChI is InChI=1S/C29H41N7O4S/c1-2-3-16-30-29-31-20-25-27(34-36(28(25)33-29)22-9-11-23(37)12-10-22)21-7-13-24(14-8-21)41(39,40)32-17-15-26(38)35-18-5-4-6-19-35/h7-8,13-14,20,22-23,32,37H,2-6,9-12,15-19H2,1H3,(H,30,31,33)/t22-,23+. The van der Waals surface area contributed by atoms with Gasteiger partial charge < -0.3 is 15.3 Å². The number of carbonyl (C=O) groups is 1. The van der Waals surface area contributed by atoms with E-state index in [1.54, 1.807) is 30.5 Å². The maximum absolute atomic E-state index is 12.9. The van der Waals surface area contributed by atoms with E-state index in [9.17, 15) is 18.3 Å². The largest absolute Gasteiger partial charge is 0.393 e. The van der Waals surface area contributed by atoms with Crippen LogP contribution < -0.4 is 10.0 Å². The molecule has 3 aromatic rings. The van der Waals surface area contributed by atoms with Crippen LogP contribution in [0.4, 0.5) is 5.95 Å². The summed E-state index contributed by atoms with van der Waals surface area (Å²) in [4.78, 5) is 23.7. The Kier molecular flexibility index (Phi) is 9.51. The lowest BCUT2D eigenvalue weighted by atomic mass is 9.93. The Bertz CT molecular complexity index is 1430. The molecule has 3 N–H and O–H groups in total. The molecule has 41 heavy (non-hydrogen) atoms. The highest BCUT2D eigenvalue weighted by Gasteiger charge is 2.26. The van der Waals surface area contributed by atoms with Crippen molar-refractivity contribution in [2.45, 2.75) is 88.2 Å². The van der Waals surface area contributed by atoms with Crippen LogP contribution in [0.1, 0.15) is 77.2 Å². The fourth-order valence-electron chi connectivity index (χ4n) is 5.63. The zero-order valence-corrected chi connectivity index (χ0v) is 24.6. The van der Waals surface area contributed by atoms with E-state index in [4.69, 9.17) is 10.1 Å². The maximum Gasteiger partial charge on any atom is 0.240 e. The van der Waals surface area contributed by atoms with E-state index in [1.165, 1.54) is 0 Å². The molecule has 0 unspecified atom stereocenters. The number of unbranched alkanes of at least 4 members (excludes halogenated alkanes) is 1.